The van der Waals surface area contributed by atoms with E-state index in [2.05, 4.69) is 179 Å². The van der Waals surface area contributed by atoms with Crippen LogP contribution < -0.4 is 0 Å². The van der Waals surface area contributed by atoms with Crippen LogP contribution in [0.5, 0.6) is 0 Å². The Morgan fingerprint density at radius 3 is 0.783 bits per heavy atom. The molecule has 0 rings (SSSR count). The molecule has 0 aliphatic heterocycles. The van der Waals surface area contributed by atoms with Crippen molar-refractivity contribution in [3.8, 4) is 0 Å². The molecule has 0 heterocycles. The Kier molecular flexibility index (Phi) is 65.4. The number of allylic oxidation sites excluding steroid dienone is 26. The SMILES string of the molecule is CC/C=C\C/C=C\C/C=C\C/C=C\C/C=C\C/C=C\C/C=C\C/C=C\C/C=C\CCCCCCCC(=O)OCC(COC(=O)CCCCCCC/C=C\C/C=C\CCC)OC(=O)CCCCCCCCCCC/C=C\C/C=C\CCCCC. The summed E-state index contributed by atoms with van der Waals surface area (Å²) in [6.07, 6.45) is 101. The molecular weight excluding hydrogens is 1020 g/mol. The molecule has 0 aromatic carbocycles. The molecule has 0 bridgehead atoms. The first kappa shape index (κ1) is 78.0. The summed E-state index contributed by atoms with van der Waals surface area (Å²) in [5.41, 5.74) is 0. The molecule has 6 heteroatoms. The van der Waals surface area contributed by atoms with Crippen molar-refractivity contribution in [1.82, 2.24) is 0 Å². The lowest BCUT2D eigenvalue weighted by molar-refractivity contribution is -0.167. The van der Waals surface area contributed by atoms with Crippen LogP contribution >= 0.6 is 0 Å². The van der Waals surface area contributed by atoms with Gasteiger partial charge in [0.15, 0.2) is 6.10 Å². The van der Waals surface area contributed by atoms with Crippen LogP contribution in [0.15, 0.2) is 158 Å². The maximum absolute atomic E-state index is 12.9. The van der Waals surface area contributed by atoms with E-state index < -0.39 is 6.10 Å². The minimum absolute atomic E-state index is 0.0982. The highest BCUT2D eigenvalue weighted by Gasteiger charge is 2.19. The van der Waals surface area contributed by atoms with Crippen LogP contribution in [0.1, 0.15) is 290 Å². The normalized spacial score (nSPS) is 13.1. The van der Waals surface area contributed by atoms with Crippen molar-refractivity contribution < 1.29 is 28.6 Å². The van der Waals surface area contributed by atoms with Gasteiger partial charge in [-0.15, -0.1) is 0 Å². The van der Waals surface area contributed by atoms with Crippen LogP contribution in [0.25, 0.3) is 0 Å². The predicted molar refractivity (Wildman–Crippen MR) is 362 cm³/mol. The van der Waals surface area contributed by atoms with Crippen LogP contribution in [-0.2, 0) is 28.6 Å². The van der Waals surface area contributed by atoms with E-state index >= 15 is 0 Å². The Morgan fingerprint density at radius 1 is 0.253 bits per heavy atom. The molecule has 0 radical (unpaired) electrons. The summed E-state index contributed by atoms with van der Waals surface area (Å²) in [4.78, 5) is 38.4. The van der Waals surface area contributed by atoms with Crippen LogP contribution in [0, 0.1) is 0 Å². The third-order valence-corrected chi connectivity index (χ3v) is 14.0. The highest BCUT2D eigenvalue weighted by molar-refractivity contribution is 5.71. The fourth-order valence-corrected chi connectivity index (χ4v) is 8.91. The largest absolute Gasteiger partial charge is 0.462 e. The average molecular weight is 1150 g/mol. The molecule has 0 fully saturated rings. The van der Waals surface area contributed by atoms with Crippen LogP contribution in [0.2, 0.25) is 0 Å². The molecular formula is C77H124O6. The molecule has 0 aromatic heterocycles. The van der Waals surface area contributed by atoms with Crippen molar-refractivity contribution in [2.75, 3.05) is 13.2 Å². The summed E-state index contributed by atoms with van der Waals surface area (Å²) in [6, 6.07) is 0. The van der Waals surface area contributed by atoms with Gasteiger partial charge in [0.1, 0.15) is 13.2 Å². The highest BCUT2D eigenvalue weighted by atomic mass is 16.6. The van der Waals surface area contributed by atoms with Gasteiger partial charge in [-0.25, -0.2) is 0 Å². The number of hydrogen-bond acceptors (Lipinski definition) is 6. The van der Waals surface area contributed by atoms with Crippen molar-refractivity contribution in [1.29, 1.82) is 0 Å². The molecule has 1 unspecified atom stereocenters. The minimum Gasteiger partial charge on any atom is -0.462 e. The molecule has 468 valence electrons. The molecule has 1 atom stereocenters. The van der Waals surface area contributed by atoms with Crippen molar-refractivity contribution in [2.24, 2.45) is 0 Å². The molecule has 0 aromatic rings. The fraction of sp³-hybridized carbons (Fsp3) is 0.623. The highest BCUT2D eigenvalue weighted by Crippen LogP contribution is 2.15. The van der Waals surface area contributed by atoms with Gasteiger partial charge in [-0.2, -0.15) is 0 Å². The van der Waals surface area contributed by atoms with E-state index in [-0.39, 0.29) is 31.1 Å². The van der Waals surface area contributed by atoms with E-state index in [0.29, 0.717) is 19.3 Å². The van der Waals surface area contributed by atoms with E-state index in [1.165, 1.54) is 77.0 Å². The number of rotatable bonds is 60. The topological polar surface area (TPSA) is 78.9 Å². The quantitative estimate of drug-likeness (QED) is 0.0261. The second kappa shape index (κ2) is 69.5. The first-order valence-electron chi connectivity index (χ1n) is 34.0. The molecule has 0 saturated heterocycles. The minimum atomic E-state index is -0.803. The molecule has 0 spiro atoms. The molecule has 0 N–H and O–H groups in total. The lowest BCUT2D eigenvalue weighted by Gasteiger charge is -2.18. The molecule has 6 nitrogen and oxygen atoms in total. The van der Waals surface area contributed by atoms with Crippen molar-refractivity contribution >= 4 is 17.9 Å². The Bertz CT molecular complexity index is 1840. The predicted octanol–water partition coefficient (Wildman–Crippen LogP) is 23.7. The molecule has 0 saturated carbocycles. The van der Waals surface area contributed by atoms with Crippen LogP contribution in [0.4, 0.5) is 0 Å². The lowest BCUT2D eigenvalue weighted by atomic mass is 10.1. The summed E-state index contributed by atoms with van der Waals surface area (Å²) in [5, 5.41) is 0. The van der Waals surface area contributed by atoms with Gasteiger partial charge in [-0.3, -0.25) is 14.4 Å². The molecule has 0 aliphatic carbocycles. The van der Waals surface area contributed by atoms with Crippen molar-refractivity contribution in [3.05, 3.63) is 158 Å². The number of esters is 3. The van der Waals surface area contributed by atoms with Gasteiger partial charge in [0.25, 0.3) is 0 Å². The van der Waals surface area contributed by atoms with Gasteiger partial charge in [0.05, 0.1) is 0 Å². The number of hydrogen-bond donors (Lipinski definition) is 0. The Hall–Kier alpha value is -4.97. The van der Waals surface area contributed by atoms with Crippen LogP contribution in [-0.4, -0.2) is 37.2 Å². The third kappa shape index (κ3) is 67.7. The zero-order valence-electron chi connectivity index (χ0n) is 53.7. The van der Waals surface area contributed by atoms with Gasteiger partial charge < -0.3 is 14.2 Å². The molecule has 0 amide bonds. The van der Waals surface area contributed by atoms with Crippen LogP contribution in [0.3, 0.4) is 0 Å². The van der Waals surface area contributed by atoms with Gasteiger partial charge >= 0.3 is 17.9 Å². The van der Waals surface area contributed by atoms with Gasteiger partial charge in [0.2, 0.25) is 0 Å². The maximum Gasteiger partial charge on any atom is 0.306 e. The smallest absolute Gasteiger partial charge is 0.306 e. The van der Waals surface area contributed by atoms with Crippen molar-refractivity contribution in [3.63, 3.8) is 0 Å². The zero-order valence-corrected chi connectivity index (χ0v) is 53.7. The summed E-state index contributed by atoms with van der Waals surface area (Å²) >= 11 is 0. The Labute approximate surface area is 511 Å². The molecule has 83 heavy (non-hydrogen) atoms. The maximum atomic E-state index is 12.9. The zero-order chi connectivity index (χ0) is 59.9. The number of unbranched alkanes of at least 4 members (excludes halogenated alkanes) is 23. The summed E-state index contributed by atoms with van der Waals surface area (Å²) in [6.45, 7) is 6.41. The van der Waals surface area contributed by atoms with E-state index in [4.69, 9.17) is 14.2 Å². The van der Waals surface area contributed by atoms with Gasteiger partial charge in [-0.05, 0) is 148 Å². The second-order valence-corrected chi connectivity index (χ2v) is 22.0. The van der Waals surface area contributed by atoms with E-state index in [1.54, 1.807) is 0 Å². The van der Waals surface area contributed by atoms with Gasteiger partial charge in [-0.1, -0.05) is 281 Å². The standard InChI is InChI=1S/C77H124O6/c1-4-7-10-13-16-19-22-25-27-29-31-32-33-34-35-36-37-38-39-40-41-42-43-44-46-47-49-52-55-58-61-64-67-70-76(79)82-73-74(72-81-75(78)69-66-63-60-57-54-51-24-21-18-15-12-9-6-3)83-77(80)71-68-65-62-59-56-53-50-48-45-30-28-26-23-20-17-14-11-8-5-2/h7,10,12,15-17,19-21,24-28,31-32,34-35,37-38,40-41,43-44,47,49,74H,4-6,8-9,11,13-14,18,22-23,29-30,33,36,39,42,45-46,48,50-73H2,1-3H3/b10-7-,15-12-,19-16-,20-17-,24-21-,27-25-,28-26-,32-31-,35-34-,38-37-,41-40-,44-43-,49-47-. The summed E-state index contributed by atoms with van der Waals surface area (Å²) < 4.78 is 16.9. The first-order valence-corrected chi connectivity index (χ1v) is 34.0. The molecule has 0 aliphatic rings. The van der Waals surface area contributed by atoms with E-state index in [9.17, 15) is 14.4 Å². The number of carbonyl (C=O) groups is 3. The first-order chi connectivity index (χ1) is 41.0. The summed E-state index contributed by atoms with van der Waals surface area (Å²) in [5.74, 6) is -0.935. The summed E-state index contributed by atoms with van der Waals surface area (Å²) in [7, 11) is 0. The Morgan fingerprint density at radius 2 is 0.494 bits per heavy atom. The van der Waals surface area contributed by atoms with E-state index in [1.807, 2.05) is 0 Å². The monoisotopic (exact) mass is 1140 g/mol. The third-order valence-electron chi connectivity index (χ3n) is 14.0. The fourth-order valence-electron chi connectivity index (χ4n) is 8.91. The number of ether oxygens (including phenoxy) is 3. The Balaban J connectivity index is 4.36. The lowest BCUT2D eigenvalue weighted by Crippen LogP contribution is -2.30. The average Bonchev–Trinajstić information content (AvgIpc) is 3.49. The van der Waals surface area contributed by atoms with E-state index in [0.717, 1.165) is 173 Å². The van der Waals surface area contributed by atoms with Crippen molar-refractivity contribution in [2.45, 2.75) is 297 Å². The number of carbonyl (C=O) groups excluding carboxylic acids is 3. The second-order valence-electron chi connectivity index (χ2n) is 22.0. The van der Waals surface area contributed by atoms with Gasteiger partial charge in [0, 0.05) is 19.3 Å².